The molecule has 7 nitrogen and oxygen atoms in total. The minimum absolute atomic E-state index is 0.0821. The minimum Gasteiger partial charge on any atom is -0.480 e. The van der Waals surface area contributed by atoms with Crippen LogP contribution in [-0.2, 0) is 20.9 Å². The first-order chi connectivity index (χ1) is 8.76. The van der Waals surface area contributed by atoms with Gasteiger partial charge in [0.15, 0.2) is 5.13 Å². The molecule has 1 amide bonds. The van der Waals surface area contributed by atoms with E-state index in [-0.39, 0.29) is 13.2 Å². The van der Waals surface area contributed by atoms with E-state index in [1.165, 1.54) is 11.3 Å². The second-order valence-corrected chi connectivity index (χ2v) is 5.52. The molecule has 0 spiro atoms. The summed E-state index contributed by atoms with van der Waals surface area (Å²) in [5.41, 5.74) is -0.0216. The molecule has 1 aromatic rings. The zero-order chi connectivity index (χ0) is 14.5. The van der Waals surface area contributed by atoms with E-state index in [1.54, 1.807) is 26.2 Å². The Kier molecular flexibility index (Phi) is 5.25. The smallest absolute Gasteiger partial charge is 0.413 e. The molecular formula is C11H16N2O5S. The normalized spacial score (nSPS) is 11.1. The third-order valence-electron chi connectivity index (χ3n) is 1.64. The van der Waals surface area contributed by atoms with Gasteiger partial charge < -0.3 is 14.6 Å². The van der Waals surface area contributed by atoms with Gasteiger partial charge >= 0.3 is 12.1 Å². The maximum Gasteiger partial charge on any atom is 0.413 e. The molecule has 0 aromatic carbocycles. The van der Waals surface area contributed by atoms with E-state index in [4.69, 9.17) is 14.6 Å². The predicted octanol–water partition coefficient (Wildman–Crippen LogP) is 2.09. The number of anilines is 1. The van der Waals surface area contributed by atoms with E-state index in [0.717, 1.165) is 0 Å². The van der Waals surface area contributed by atoms with Crippen LogP contribution in [0, 0.1) is 0 Å². The highest BCUT2D eigenvalue weighted by Crippen LogP contribution is 2.17. The van der Waals surface area contributed by atoms with Crippen molar-refractivity contribution in [1.29, 1.82) is 0 Å². The van der Waals surface area contributed by atoms with Crippen LogP contribution in [0.2, 0.25) is 0 Å². The Bertz CT molecular complexity index is 452. The van der Waals surface area contributed by atoms with E-state index in [0.29, 0.717) is 10.8 Å². The number of hydrogen-bond donors (Lipinski definition) is 2. The zero-order valence-corrected chi connectivity index (χ0v) is 11.7. The third kappa shape index (κ3) is 6.73. The lowest BCUT2D eigenvalue weighted by atomic mass is 10.2. The van der Waals surface area contributed by atoms with Crippen molar-refractivity contribution in [2.75, 3.05) is 11.9 Å². The zero-order valence-electron chi connectivity index (χ0n) is 10.9. The minimum atomic E-state index is -1.04. The van der Waals surface area contributed by atoms with Gasteiger partial charge in [-0.2, -0.15) is 0 Å². The van der Waals surface area contributed by atoms with Crippen LogP contribution in [-0.4, -0.2) is 34.4 Å². The van der Waals surface area contributed by atoms with Gasteiger partial charge in [0.1, 0.15) is 12.2 Å². The summed E-state index contributed by atoms with van der Waals surface area (Å²) in [6, 6.07) is 0. The van der Waals surface area contributed by atoms with Crippen LogP contribution < -0.4 is 5.32 Å². The van der Waals surface area contributed by atoms with Gasteiger partial charge in [0, 0.05) is 5.38 Å². The van der Waals surface area contributed by atoms with E-state index in [2.05, 4.69) is 10.3 Å². The topological polar surface area (TPSA) is 97.8 Å². The molecule has 0 saturated carbocycles. The fraction of sp³-hybridized carbons (Fsp3) is 0.545. The molecule has 0 bridgehead atoms. The highest BCUT2D eigenvalue weighted by Gasteiger charge is 2.17. The maximum atomic E-state index is 11.5. The van der Waals surface area contributed by atoms with Crippen LogP contribution in [0.15, 0.2) is 5.38 Å². The Hall–Kier alpha value is -1.67. The summed E-state index contributed by atoms with van der Waals surface area (Å²) >= 11 is 1.21. The fourth-order valence-electron chi connectivity index (χ4n) is 1.06. The molecular weight excluding hydrogens is 272 g/mol. The Labute approximate surface area is 114 Å². The Morgan fingerprint density at radius 2 is 2.16 bits per heavy atom. The molecule has 0 aliphatic carbocycles. The fourth-order valence-corrected chi connectivity index (χ4v) is 1.75. The lowest BCUT2D eigenvalue weighted by Crippen LogP contribution is -2.27. The second kappa shape index (κ2) is 6.48. The van der Waals surface area contributed by atoms with Crippen molar-refractivity contribution in [2.45, 2.75) is 33.0 Å². The van der Waals surface area contributed by atoms with Crippen molar-refractivity contribution in [1.82, 2.24) is 4.98 Å². The van der Waals surface area contributed by atoms with Crippen LogP contribution in [0.5, 0.6) is 0 Å². The molecule has 1 rings (SSSR count). The number of carboxylic acids is 1. The number of rotatable bonds is 5. The lowest BCUT2D eigenvalue weighted by Gasteiger charge is -2.18. The van der Waals surface area contributed by atoms with Gasteiger partial charge in [-0.15, -0.1) is 11.3 Å². The molecule has 2 N–H and O–H groups in total. The van der Waals surface area contributed by atoms with Crippen LogP contribution in [0.4, 0.5) is 9.93 Å². The first kappa shape index (κ1) is 15.4. The van der Waals surface area contributed by atoms with E-state index >= 15 is 0 Å². The average Bonchev–Trinajstić information content (AvgIpc) is 2.61. The lowest BCUT2D eigenvalue weighted by molar-refractivity contribution is -0.142. The molecule has 0 unspecified atom stereocenters. The molecule has 1 heterocycles. The molecule has 0 radical (unpaired) electrons. The Morgan fingerprint density at radius 1 is 1.47 bits per heavy atom. The number of carboxylic acid groups (broad SMARTS) is 1. The number of aliphatic carboxylic acids is 1. The number of nitrogens with zero attached hydrogens (tertiary/aromatic N) is 1. The Balaban J connectivity index is 2.42. The van der Waals surface area contributed by atoms with Crippen molar-refractivity contribution in [2.24, 2.45) is 0 Å². The number of amides is 1. The maximum absolute atomic E-state index is 11.5. The van der Waals surface area contributed by atoms with Gasteiger partial charge in [0.2, 0.25) is 0 Å². The molecule has 0 aliphatic heterocycles. The van der Waals surface area contributed by atoms with Gasteiger partial charge in [0.25, 0.3) is 0 Å². The number of ether oxygens (including phenoxy) is 2. The molecule has 106 valence electrons. The third-order valence-corrected chi connectivity index (χ3v) is 2.44. The second-order valence-electron chi connectivity index (χ2n) is 4.66. The molecule has 1 aromatic heterocycles. The van der Waals surface area contributed by atoms with Crippen LogP contribution in [0.25, 0.3) is 0 Å². The number of hydrogen-bond acceptors (Lipinski definition) is 6. The van der Waals surface area contributed by atoms with Crippen LogP contribution in [0.3, 0.4) is 0 Å². The molecule has 19 heavy (non-hydrogen) atoms. The SMILES string of the molecule is CC(C)(C)OC(=O)Nc1nc(COCC(=O)O)cs1. The van der Waals surface area contributed by atoms with Gasteiger partial charge in [-0.1, -0.05) is 0 Å². The van der Waals surface area contributed by atoms with E-state index in [9.17, 15) is 9.59 Å². The summed E-state index contributed by atoms with van der Waals surface area (Å²) in [6.07, 6.45) is -0.583. The van der Waals surface area contributed by atoms with Crippen molar-refractivity contribution < 1.29 is 24.2 Å². The van der Waals surface area contributed by atoms with Gasteiger partial charge in [-0.05, 0) is 20.8 Å². The van der Waals surface area contributed by atoms with E-state index in [1.807, 2.05) is 0 Å². The largest absolute Gasteiger partial charge is 0.480 e. The van der Waals surface area contributed by atoms with Crippen LogP contribution in [0.1, 0.15) is 26.5 Å². The standard InChI is InChI=1S/C11H16N2O5S/c1-11(2,3)18-10(16)13-9-12-7(6-19-9)4-17-5-8(14)15/h6H,4-5H2,1-3H3,(H,14,15)(H,12,13,16). The molecule has 0 atom stereocenters. The van der Waals surface area contributed by atoms with Crippen LogP contribution >= 0.6 is 11.3 Å². The number of aromatic nitrogens is 1. The summed E-state index contributed by atoms with van der Waals surface area (Å²) in [4.78, 5) is 25.8. The quantitative estimate of drug-likeness (QED) is 0.861. The summed E-state index contributed by atoms with van der Waals surface area (Å²) < 4.78 is 9.95. The first-order valence-corrected chi connectivity index (χ1v) is 6.38. The van der Waals surface area contributed by atoms with Crippen molar-refractivity contribution in [3.05, 3.63) is 11.1 Å². The van der Waals surface area contributed by atoms with Gasteiger partial charge in [-0.25, -0.2) is 14.6 Å². The van der Waals surface area contributed by atoms with Crippen molar-refractivity contribution in [3.63, 3.8) is 0 Å². The average molecular weight is 288 g/mol. The molecule has 0 saturated heterocycles. The Morgan fingerprint density at radius 3 is 2.74 bits per heavy atom. The number of thiazole rings is 1. The van der Waals surface area contributed by atoms with Crippen molar-refractivity contribution >= 4 is 28.5 Å². The van der Waals surface area contributed by atoms with Gasteiger partial charge in [0.05, 0.1) is 12.3 Å². The van der Waals surface area contributed by atoms with E-state index < -0.39 is 17.7 Å². The summed E-state index contributed by atoms with van der Waals surface area (Å²) in [5, 5.41) is 13.0. The van der Waals surface area contributed by atoms with Crippen molar-refractivity contribution in [3.8, 4) is 0 Å². The number of nitrogens with one attached hydrogen (secondary N) is 1. The summed E-state index contributed by atoms with van der Waals surface area (Å²) in [6.45, 7) is 4.99. The summed E-state index contributed by atoms with van der Waals surface area (Å²) in [7, 11) is 0. The van der Waals surface area contributed by atoms with Gasteiger partial charge in [-0.3, -0.25) is 5.32 Å². The predicted molar refractivity (Wildman–Crippen MR) is 69.3 cm³/mol. The molecule has 0 aliphatic rings. The highest BCUT2D eigenvalue weighted by atomic mass is 32.1. The number of carbonyl (C=O) groups is 2. The molecule has 0 fully saturated rings. The molecule has 8 heteroatoms. The monoisotopic (exact) mass is 288 g/mol. The highest BCUT2D eigenvalue weighted by molar-refractivity contribution is 7.13. The summed E-state index contributed by atoms with van der Waals surface area (Å²) in [5.74, 6) is -1.04. The first-order valence-electron chi connectivity index (χ1n) is 5.50. The number of carbonyl (C=O) groups excluding carboxylic acids is 1.